The van der Waals surface area contributed by atoms with Gasteiger partial charge in [-0.15, -0.1) is 11.3 Å². The minimum atomic E-state index is -0.0367. The Morgan fingerprint density at radius 2 is 2.26 bits per heavy atom. The van der Waals surface area contributed by atoms with Gasteiger partial charge >= 0.3 is 0 Å². The van der Waals surface area contributed by atoms with E-state index in [1.807, 2.05) is 11.4 Å². The number of hydrazine groups is 1. The molecule has 0 amide bonds. The van der Waals surface area contributed by atoms with Gasteiger partial charge in [-0.2, -0.15) is 0 Å². The van der Waals surface area contributed by atoms with Crippen LogP contribution in [-0.4, -0.2) is 14.5 Å². The highest BCUT2D eigenvalue weighted by molar-refractivity contribution is 7.16. The Morgan fingerprint density at radius 1 is 1.37 bits per heavy atom. The summed E-state index contributed by atoms with van der Waals surface area (Å²) in [5.74, 6) is 5.88. The van der Waals surface area contributed by atoms with Gasteiger partial charge in [0.2, 0.25) is 0 Å². The van der Waals surface area contributed by atoms with Gasteiger partial charge in [0.1, 0.15) is 10.6 Å². The van der Waals surface area contributed by atoms with Crippen LogP contribution >= 0.6 is 11.3 Å². The van der Waals surface area contributed by atoms with Gasteiger partial charge in [-0.1, -0.05) is 0 Å². The Morgan fingerprint density at radius 3 is 3.11 bits per heavy atom. The molecule has 6 nitrogen and oxygen atoms in total. The fourth-order valence-electron chi connectivity index (χ4n) is 1.85. The van der Waals surface area contributed by atoms with Crippen LogP contribution in [0, 0.1) is 0 Å². The highest BCUT2D eigenvalue weighted by Gasteiger charge is 2.05. The SMILES string of the molecule is NNc1cc(Cn2cnc3sccc3c2=O)ccn1. The van der Waals surface area contributed by atoms with Crippen molar-refractivity contribution in [1.29, 1.82) is 0 Å². The average molecular weight is 273 g/mol. The van der Waals surface area contributed by atoms with Gasteiger partial charge in [0.25, 0.3) is 5.56 Å². The normalized spacial score (nSPS) is 10.8. The molecule has 0 saturated carbocycles. The van der Waals surface area contributed by atoms with Crippen molar-refractivity contribution in [2.45, 2.75) is 6.54 Å². The van der Waals surface area contributed by atoms with E-state index in [-0.39, 0.29) is 5.56 Å². The van der Waals surface area contributed by atoms with Gasteiger partial charge < -0.3 is 5.43 Å². The zero-order chi connectivity index (χ0) is 13.2. The lowest BCUT2D eigenvalue weighted by Crippen LogP contribution is -2.20. The molecule has 3 aromatic rings. The summed E-state index contributed by atoms with van der Waals surface area (Å²) in [4.78, 5) is 21.3. The van der Waals surface area contributed by atoms with Gasteiger partial charge in [-0.3, -0.25) is 9.36 Å². The Balaban J connectivity index is 2.00. The molecular weight excluding hydrogens is 262 g/mol. The van der Waals surface area contributed by atoms with Crippen LogP contribution in [-0.2, 0) is 6.54 Å². The van der Waals surface area contributed by atoms with Crippen molar-refractivity contribution in [3.63, 3.8) is 0 Å². The van der Waals surface area contributed by atoms with E-state index in [2.05, 4.69) is 15.4 Å². The molecule has 0 bridgehead atoms. The van der Waals surface area contributed by atoms with Crippen LogP contribution in [0.4, 0.5) is 5.82 Å². The molecule has 3 heterocycles. The lowest BCUT2D eigenvalue weighted by molar-refractivity contribution is 0.748. The van der Waals surface area contributed by atoms with Crippen molar-refractivity contribution in [2.75, 3.05) is 5.43 Å². The number of aromatic nitrogens is 3. The molecule has 0 aliphatic carbocycles. The molecule has 3 N–H and O–H groups in total. The molecule has 0 fully saturated rings. The first-order valence-corrected chi connectivity index (χ1v) is 6.50. The first kappa shape index (κ1) is 11.8. The molecule has 0 aliphatic rings. The van der Waals surface area contributed by atoms with Crippen LogP contribution in [0.15, 0.2) is 40.9 Å². The van der Waals surface area contributed by atoms with E-state index in [0.29, 0.717) is 17.7 Å². The Bertz CT molecular complexity index is 779. The number of hydrogen-bond donors (Lipinski definition) is 2. The molecular formula is C12H11N5OS. The summed E-state index contributed by atoms with van der Waals surface area (Å²) >= 11 is 1.46. The van der Waals surface area contributed by atoms with E-state index in [4.69, 9.17) is 5.84 Å². The molecule has 0 radical (unpaired) electrons. The summed E-state index contributed by atoms with van der Waals surface area (Å²) in [7, 11) is 0. The second-order valence-electron chi connectivity index (χ2n) is 4.01. The van der Waals surface area contributed by atoms with E-state index >= 15 is 0 Å². The molecule has 0 aliphatic heterocycles. The maximum atomic E-state index is 12.2. The number of fused-ring (bicyclic) bond motifs is 1. The molecule has 96 valence electrons. The third kappa shape index (κ3) is 2.20. The summed E-state index contributed by atoms with van der Waals surface area (Å²) in [6.07, 6.45) is 3.21. The predicted molar refractivity (Wildman–Crippen MR) is 75.0 cm³/mol. The molecule has 3 aromatic heterocycles. The highest BCUT2D eigenvalue weighted by Crippen LogP contribution is 2.14. The van der Waals surface area contributed by atoms with Crippen molar-refractivity contribution in [3.8, 4) is 0 Å². The third-order valence-electron chi connectivity index (χ3n) is 2.78. The average Bonchev–Trinajstić information content (AvgIpc) is 2.91. The summed E-state index contributed by atoms with van der Waals surface area (Å²) < 4.78 is 1.57. The Kier molecular flexibility index (Phi) is 2.98. The maximum absolute atomic E-state index is 12.2. The second kappa shape index (κ2) is 4.79. The zero-order valence-corrected chi connectivity index (χ0v) is 10.7. The summed E-state index contributed by atoms with van der Waals surface area (Å²) in [6.45, 7) is 0.439. The monoisotopic (exact) mass is 273 g/mol. The van der Waals surface area contributed by atoms with Crippen molar-refractivity contribution < 1.29 is 0 Å². The van der Waals surface area contributed by atoms with Crippen LogP contribution < -0.4 is 16.8 Å². The number of nitrogens with one attached hydrogen (secondary N) is 1. The molecule has 19 heavy (non-hydrogen) atoms. The number of rotatable bonds is 3. The molecule has 0 saturated heterocycles. The van der Waals surface area contributed by atoms with Gasteiger partial charge in [0.05, 0.1) is 18.3 Å². The molecule has 0 atom stereocenters. The van der Waals surface area contributed by atoms with Gasteiger partial charge in [0, 0.05) is 6.20 Å². The van der Waals surface area contributed by atoms with Crippen LogP contribution in [0.5, 0.6) is 0 Å². The maximum Gasteiger partial charge on any atom is 0.262 e. The minimum absolute atomic E-state index is 0.0367. The minimum Gasteiger partial charge on any atom is -0.308 e. The van der Waals surface area contributed by atoms with Crippen molar-refractivity contribution in [2.24, 2.45) is 5.84 Å². The lowest BCUT2D eigenvalue weighted by Gasteiger charge is -2.06. The quantitative estimate of drug-likeness (QED) is 0.553. The first-order valence-electron chi connectivity index (χ1n) is 5.62. The standard InChI is InChI=1S/C12H11N5OS/c13-16-10-5-8(1-3-14-10)6-17-7-15-11-9(12(17)18)2-4-19-11/h1-5,7H,6,13H2,(H,14,16). The van der Waals surface area contributed by atoms with Gasteiger partial charge in [-0.25, -0.2) is 15.8 Å². The number of anilines is 1. The number of hydrogen-bond acceptors (Lipinski definition) is 6. The van der Waals surface area contributed by atoms with E-state index in [0.717, 1.165) is 10.4 Å². The number of nitrogens with zero attached hydrogens (tertiary/aromatic N) is 3. The van der Waals surface area contributed by atoms with Crippen LogP contribution in [0.1, 0.15) is 5.56 Å². The molecule has 7 heteroatoms. The fourth-order valence-corrected chi connectivity index (χ4v) is 2.58. The topological polar surface area (TPSA) is 85.8 Å². The van der Waals surface area contributed by atoms with Crippen molar-refractivity contribution in [1.82, 2.24) is 14.5 Å². The molecule has 0 spiro atoms. The van der Waals surface area contributed by atoms with E-state index < -0.39 is 0 Å². The Hall–Kier alpha value is -2.25. The zero-order valence-electron chi connectivity index (χ0n) is 9.91. The predicted octanol–water partition coefficient (Wildman–Crippen LogP) is 1.19. The first-order chi connectivity index (χ1) is 9.28. The number of pyridine rings is 1. The number of nitrogen functional groups attached to an aromatic ring is 1. The second-order valence-corrected chi connectivity index (χ2v) is 4.91. The molecule has 0 unspecified atom stereocenters. The lowest BCUT2D eigenvalue weighted by atomic mass is 10.2. The number of nitrogens with two attached hydrogens (primary N) is 1. The molecule has 0 aromatic carbocycles. The summed E-state index contributed by atoms with van der Waals surface area (Å²) in [5, 5.41) is 2.52. The number of thiophene rings is 1. The Labute approximate surface area is 112 Å². The van der Waals surface area contributed by atoms with E-state index in [1.54, 1.807) is 29.2 Å². The van der Waals surface area contributed by atoms with Crippen LogP contribution in [0.25, 0.3) is 10.2 Å². The summed E-state index contributed by atoms with van der Waals surface area (Å²) in [6, 6.07) is 5.43. The van der Waals surface area contributed by atoms with Crippen LogP contribution in [0.3, 0.4) is 0 Å². The van der Waals surface area contributed by atoms with Gasteiger partial charge in [0.15, 0.2) is 0 Å². The van der Waals surface area contributed by atoms with Crippen molar-refractivity contribution >= 4 is 27.4 Å². The largest absolute Gasteiger partial charge is 0.308 e. The summed E-state index contributed by atoms with van der Waals surface area (Å²) in [5.41, 5.74) is 3.38. The third-order valence-corrected chi connectivity index (χ3v) is 3.60. The van der Waals surface area contributed by atoms with E-state index in [9.17, 15) is 4.79 Å². The van der Waals surface area contributed by atoms with Crippen LogP contribution in [0.2, 0.25) is 0 Å². The molecule has 3 rings (SSSR count). The van der Waals surface area contributed by atoms with Crippen molar-refractivity contribution in [3.05, 3.63) is 52.0 Å². The van der Waals surface area contributed by atoms with Gasteiger partial charge in [-0.05, 0) is 29.1 Å². The fraction of sp³-hybridized carbons (Fsp3) is 0.0833. The smallest absolute Gasteiger partial charge is 0.262 e. The highest BCUT2D eigenvalue weighted by atomic mass is 32.1. The van der Waals surface area contributed by atoms with E-state index in [1.165, 1.54) is 11.3 Å².